The highest BCUT2D eigenvalue weighted by Crippen LogP contribution is 2.61. The molecule has 0 radical (unpaired) electrons. The lowest BCUT2D eigenvalue weighted by Crippen LogP contribution is -2.31. The Morgan fingerprint density at radius 2 is 1.88 bits per heavy atom. The van der Waals surface area contributed by atoms with Gasteiger partial charge in [-0.3, -0.25) is 5.32 Å². The van der Waals surface area contributed by atoms with Gasteiger partial charge in [-0.15, -0.1) is 0 Å². The Labute approximate surface area is 144 Å². The number of benzene rings is 1. The number of halogens is 2. The first kappa shape index (κ1) is 16.0. The standard InChI is InChI=1S/C19H19F2N3O/c20-19(21)14(17(19)13-5-2-1-3-6-13)11-22-18(25)24-16-8-4-7-15(23-16)12-9-10-12/h1-8,12,14,17H,9-11H2,(H2,22,23,24,25)/t14-,17-/m0/s1. The van der Waals surface area contributed by atoms with Crippen LogP contribution in [0, 0.1) is 5.92 Å². The van der Waals surface area contributed by atoms with Crippen molar-refractivity contribution in [3.63, 3.8) is 0 Å². The van der Waals surface area contributed by atoms with E-state index in [0.29, 0.717) is 17.3 Å². The monoisotopic (exact) mass is 343 g/mol. The molecule has 2 aliphatic rings. The average molecular weight is 343 g/mol. The zero-order chi connectivity index (χ0) is 17.4. The number of pyridine rings is 1. The van der Waals surface area contributed by atoms with Crippen molar-refractivity contribution in [1.82, 2.24) is 10.3 Å². The van der Waals surface area contributed by atoms with Crippen molar-refractivity contribution in [3.8, 4) is 0 Å². The van der Waals surface area contributed by atoms with Gasteiger partial charge < -0.3 is 5.32 Å². The van der Waals surface area contributed by atoms with Gasteiger partial charge in [-0.2, -0.15) is 0 Å². The smallest absolute Gasteiger partial charge is 0.320 e. The predicted molar refractivity (Wildman–Crippen MR) is 90.9 cm³/mol. The maximum atomic E-state index is 14.0. The maximum Gasteiger partial charge on any atom is 0.320 e. The van der Waals surface area contributed by atoms with E-state index in [1.54, 1.807) is 36.4 Å². The first-order valence-corrected chi connectivity index (χ1v) is 8.50. The molecule has 1 aromatic heterocycles. The summed E-state index contributed by atoms with van der Waals surface area (Å²) < 4.78 is 28.0. The summed E-state index contributed by atoms with van der Waals surface area (Å²) in [4.78, 5) is 16.4. The van der Waals surface area contributed by atoms with Gasteiger partial charge in [0.15, 0.2) is 0 Å². The number of anilines is 1. The molecule has 2 aliphatic carbocycles. The summed E-state index contributed by atoms with van der Waals surface area (Å²) in [7, 11) is 0. The highest BCUT2D eigenvalue weighted by molar-refractivity contribution is 5.88. The molecule has 0 spiro atoms. The van der Waals surface area contributed by atoms with Crippen LogP contribution in [-0.2, 0) is 0 Å². The molecule has 6 heteroatoms. The molecular weight excluding hydrogens is 324 g/mol. The van der Waals surface area contributed by atoms with Gasteiger partial charge in [0.2, 0.25) is 0 Å². The summed E-state index contributed by atoms with van der Waals surface area (Å²) in [5.41, 5.74) is 1.58. The minimum absolute atomic E-state index is 0.0687. The van der Waals surface area contributed by atoms with Crippen molar-refractivity contribution in [1.29, 1.82) is 0 Å². The zero-order valence-corrected chi connectivity index (χ0v) is 13.6. The third-order valence-electron chi connectivity index (χ3n) is 4.85. The zero-order valence-electron chi connectivity index (χ0n) is 13.6. The Morgan fingerprint density at radius 3 is 2.60 bits per heavy atom. The molecule has 1 aromatic carbocycles. The number of hydrogen-bond donors (Lipinski definition) is 2. The molecule has 4 nitrogen and oxygen atoms in total. The number of rotatable bonds is 5. The summed E-state index contributed by atoms with van der Waals surface area (Å²) >= 11 is 0. The Balaban J connectivity index is 1.32. The van der Waals surface area contributed by atoms with Crippen molar-refractivity contribution in [2.24, 2.45) is 5.92 Å². The number of nitrogens with one attached hydrogen (secondary N) is 2. The molecule has 2 N–H and O–H groups in total. The van der Waals surface area contributed by atoms with Crippen LogP contribution in [0.5, 0.6) is 0 Å². The fourth-order valence-electron chi connectivity index (χ4n) is 3.25. The molecule has 1 heterocycles. The van der Waals surface area contributed by atoms with E-state index in [-0.39, 0.29) is 6.54 Å². The summed E-state index contributed by atoms with van der Waals surface area (Å²) in [6.45, 7) is -0.0687. The second kappa shape index (κ2) is 6.10. The lowest BCUT2D eigenvalue weighted by Gasteiger charge is -2.08. The normalized spacial score (nSPS) is 23.8. The molecule has 2 aromatic rings. The molecule has 0 saturated heterocycles. The van der Waals surface area contributed by atoms with Crippen LogP contribution < -0.4 is 10.6 Å². The van der Waals surface area contributed by atoms with Gasteiger partial charge in [-0.25, -0.2) is 18.6 Å². The first-order valence-electron chi connectivity index (χ1n) is 8.50. The number of urea groups is 1. The van der Waals surface area contributed by atoms with Gasteiger partial charge in [0, 0.05) is 18.2 Å². The van der Waals surface area contributed by atoms with E-state index in [2.05, 4.69) is 15.6 Å². The number of aromatic nitrogens is 1. The van der Waals surface area contributed by atoms with E-state index in [1.165, 1.54) is 0 Å². The van der Waals surface area contributed by atoms with Gasteiger partial charge in [-0.05, 0) is 30.5 Å². The van der Waals surface area contributed by atoms with Crippen molar-refractivity contribution in [2.75, 3.05) is 11.9 Å². The van der Waals surface area contributed by atoms with Gasteiger partial charge in [0.1, 0.15) is 5.82 Å². The van der Waals surface area contributed by atoms with Crippen molar-refractivity contribution >= 4 is 11.8 Å². The summed E-state index contributed by atoms with van der Waals surface area (Å²) in [6.07, 6.45) is 2.25. The molecule has 130 valence electrons. The van der Waals surface area contributed by atoms with Crippen molar-refractivity contribution in [3.05, 3.63) is 59.8 Å². The number of carbonyl (C=O) groups is 1. The molecule has 0 bridgehead atoms. The van der Waals surface area contributed by atoms with E-state index < -0.39 is 23.8 Å². The van der Waals surface area contributed by atoms with Crippen LogP contribution in [0.25, 0.3) is 0 Å². The van der Waals surface area contributed by atoms with E-state index in [0.717, 1.165) is 18.5 Å². The molecule has 4 rings (SSSR count). The minimum atomic E-state index is -2.78. The lowest BCUT2D eigenvalue weighted by atomic mass is 10.1. The Hall–Kier alpha value is -2.50. The van der Waals surface area contributed by atoms with Gasteiger partial charge >= 0.3 is 6.03 Å². The number of carbonyl (C=O) groups excluding carboxylic acids is 1. The van der Waals surface area contributed by atoms with Gasteiger partial charge in [0.25, 0.3) is 5.92 Å². The molecular formula is C19H19F2N3O. The van der Waals surface area contributed by atoms with Crippen LogP contribution in [0.15, 0.2) is 48.5 Å². The Bertz CT molecular complexity index is 777. The van der Waals surface area contributed by atoms with Gasteiger partial charge in [-0.1, -0.05) is 36.4 Å². The number of amides is 2. The highest BCUT2D eigenvalue weighted by Gasteiger charge is 2.68. The number of nitrogens with zero attached hydrogens (tertiary/aromatic N) is 1. The van der Waals surface area contributed by atoms with Crippen LogP contribution in [0.3, 0.4) is 0 Å². The molecule has 2 atom stereocenters. The molecule has 2 saturated carbocycles. The van der Waals surface area contributed by atoms with Crippen molar-refractivity contribution < 1.29 is 13.6 Å². The second-order valence-corrected chi connectivity index (χ2v) is 6.73. The minimum Gasteiger partial charge on any atom is -0.337 e. The third kappa shape index (κ3) is 3.34. The van der Waals surface area contributed by atoms with E-state index in [1.807, 2.05) is 12.1 Å². The van der Waals surface area contributed by atoms with Crippen LogP contribution in [0.1, 0.15) is 35.9 Å². The summed E-state index contributed by atoms with van der Waals surface area (Å²) in [6, 6.07) is 13.7. The quantitative estimate of drug-likeness (QED) is 0.858. The van der Waals surface area contributed by atoms with Crippen molar-refractivity contribution in [2.45, 2.75) is 30.6 Å². The largest absolute Gasteiger partial charge is 0.337 e. The number of hydrogen-bond acceptors (Lipinski definition) is 2. The summed E-state index contributed by atoms with van der Waals surface area (Å²) in [5.74, 6) is -3.54. The molecule has 25 heavy (non-hydrogen) atoms. The molecule has 2 amide bonds. The Morgan fingerprint density at radius 1 is 1.12 bits per heavy atom. The van der Waals surface area contributed by atoms with Crippen LogP contribution in [-0.4, -0.2) is 23.5 Å². The fraction of sp³-hybridized carbons (Fsp3) is 0.368. The maximum absolute atomic E-state index is 14.0. The van der Waals surface area contributed by atoms with E-state index in [4.69, 9.17) is 0 Å². The molecule has 2 fully saturated rings. The van der Waals surface area contributed by atoms with Crippen LogP contribution in [0.2, 0.25) is 0 Å². The topological polar surface area (TPSA) is 54.0 Å². The van der Waals surface area contributed by atoms with E-state index in [9.17, 15) is 13.6 Å². The number of alkyl halides is 2. The van der Waals surface area contributed by atoms with Crippen LogP contribution in [0.4, 0.5) is 19.4 Å². The first-order chi connectivity index (χ1) is 12.1. The lowest BCUT2D eigenvalue weighted by molar-refractivity contribution is 0.0936. The second-order valence-electron chi connectivity index (χ2n) is 6.73. The fourth-order valence-corrected chi connectivity index (χ4v) is 3.25. The Kier molecular flexibility index (Phi) is 3.90. The summed E-state index contributed by atoms with van der Waals surface area (Å²) in [5, 5.41) is 5.17. The SMILES string of the molecule is O=C(NC[C@H]1[C@H](c2ccccc2)C1(F)F)Nc1cccc(C2CC2)n1. The average Bonchev–Trinajstić information content (AvgIpc) is 3.50. The third-order valence-corrected chi connectivity index (χ3v) is 4.85. The molecule has 0 unspecified atom stereocenters. The van der Waals surface area contributed by atoms with Gasteiger partial charge in [0.05, 0.1) is 11.8 Å². The predicted octanol–water partition coefficient (Wildman–Crippen LogP) is 4.13. The van der Waals surface area contributed by atoms with Crippen LogP contribution >= 0.6 is 0 Å². The highest BCUT2D eigenvalue weighted by atomic mass is 19.3. The molecule has 0 aliphatic heterocycles. The van der Waals surface area contributed by atoms with E-state index >= 15 is 0 Å².